The highest BCUT2D eigenvalue weighted by molar-refractivity contribution is 5.74. The molecule has 0 fully saturated rings. The lowest BCUT2D eigenvalue weighted by molar-refractivity contribution is -0.145. The van der Waals surface area contributed by atoms with Crippen LogP contribution in [0.1, 0.15) is 11.1 Å². The standard InChI is InChI=1S/C14H15FN2O4/c1-20-13(18)8-17(9-14(19)21-2)7-11-3-10(6-16)4-12(15)5-11/h3-5H,7-9H2,1-2H3. The van der Waals surface area contributed by atoms with Gasteiger partial charge in [0.2, 0.25) is 0 Å². The average Bonchev–Trinajstić information content (AvgIpc) is 2.45. The molecule has 1 aromatic carbocycles. The van der Waals surface area contributed by atoms with E-state index in [-0.39, 0.29) is 25.2 Å². The van der Waals surface area contributed by atoms with E-state index in [0.717, 1.165) is 6.07 Å². The van der Waals surface area contributed by atoms with Gasteiger partial charge in [-0.05, 0) is 23.8 Å². The fourth-order valence-electron chi connectivity index (χ4n) is 1.73. The largest absolute Gasteiger partial charge is 0.468 e. The van der Waals surface area contributed by atoms with Crippen LogP contribution in [0.25, 0.3) is 0 Å². The molecule has 0 bridgehead atoms. The fraction of sp³-hybridized carbons (Fsp3) is 0.357. The van der Waals surface area contributed by atoms with Crippen LogP contribution < -0.4 is 0 Å². The molecule has 0 aromatic heterocycles. The molecule has 21 heavy (non-hydrogen) atoms. The number of methoxy groups -OCH3 is 2. The summed E-state index contributed by atoms with van der Waals surface area (Å²) >= 11 is 0. The van der Waals surface area contributed by atoms with E-state index in [1.54, 1.807) is 0 Å². The van der Waals surface area contributed by atoms with Gasteiger partial charge in [0.05, 0.1) is 38.9 Å². The van der Waals surface area contributed by atoms with E-state index >= 15 is 0 Å². The highest BCUT2D eigenvalue weighted by Crippen LogP contribution is 2.11. The average molecular weight is 294 g/mol. The number of carbonyl (C=O) groups excluding carboxylic acids is 2. The summed E-state index contributed by atoms with van der Waals surface area (Å²) in [4.78, 5) is 24.1. The van der Waals surface area contributed by atoms with Crippen LogP contribution in [-0.2, 0) is 25.6 Å². The van der Waals surface area contributed by atoms with Crippen molar-refractivity contribution in [2.24, 2.45) is 0 Å². The summed E-state index contributed by atoms with van der Waals surface area (Å²) in [7, 11) is 2.46. The minimum Gasteiger partial charge on any atom is -0.468 e. The number of esters is 2. The second kappa shape index (κ2) is 7.97. The molecule has 0 radical (unpaired) electrons. The van der Waals surface area contributed by atoms with Crippen molar-refractivity contribution in [1.29, 1.82) is 5.26 Å². The first-order valence-corrected chi connectivity index (χ1v) is 6.04. The molecule has 0 N–H and O–H groups in total. The Morgan fingerprint density at radius 2 is 1.76 bits per heavy atom. The third-order valence-electron chi connectivity index (χ3n) is 2.65. The van der Waals surface area contributed by atoms with Crippen molar-refractivity contribution in [3.05, 3.63) is 35.1 Å². The molecule has 112 valence electrons. The Morgan fingerprint density at radius 1 is 1.19 bits per heavy atom. The maximum Gasteiger partial charge on any atom is 0.319 e. The minimum atomic E-state index is -0.555. The Labute approximate surface area is 121 Å². The number of nitrogens with zero attached hydrogens (tertiary/aromatic N) is 2. The van der Waals surface area contributed by atoms with E-state index in [4.69, 9.17) is 5.26 Å². The molecule has 0 aliphatic rings. The number of hydrogen-bond donors (Lipinski definition) is 0. The topological polar surface area (TPSA) is 79.6 Å². The molecular formula is C14H15FN2O4. The van der Waals surface area contributed by atoms with E-state index in [0.29, 0.717) is 5.56 Å². The van der Waals surface area contributed by atoms with Gasteiger partial charge in [0.1, 0.15) is 5.82 Å². The Bertz CT molecular complexity index is 551. The van der Waals surface area contributed by atoms with Crippen LogP contribution in [0.2, 0.25) is 0 Å². The van der Waals surface area contributed by atoms with Gasteiger partial charge in [0.25, 0.3) is 0 Å². The van der Waals surface area contributed by atoms with Crippen LogP contribution in [0.3, 0.4) is 0 Å². The van der Waals surface area contributed by atoms with Crippen LogP contribution >= 0.6 is 0 Å². The molecule has 0 aliphatic heterocycles. The van der Waals surface area contributed by atoms with Gasteiger partial charge < -0.3 is 9.47 Å². The third kappa shape index (κ3) is 5.58. The van der Waals surface area contributed by atoms with Gasteiger partial charge in [-0.2, -0.15) is 5.26 Å². The second-order valence-corrected chi connectivity index (χ2v) is 4.26. The normalized spacial score (nSPS) is 10.0. The molecule has 0 saturated carbocycles. The molecule has 6 nitrogen and oxygen atoms in total. The van der Waals surface area contributed by atoms with Crippen molar-refractivity contribution < 1.29 is 23.5 Å². The van der Waals surface area contributed by atoms with Crippen molar-refractivity contribution in [1.82, 2.24) is 4.90 Å². The molecule has 7 heteroatoms. The Morgan fingerprint density at radius 3 is 2.24 bits per heavy atom. The SMILES string of the molecule is COC(=O)CN(CC(=O)OC)Cc1cc(F)cc(C#N)c1. The lowest BCUT2D eigenvalue weighted by atomic mass is 10.1. The van der Waals surface area contributed by atoms with Crippen LogP contribution in [0.4, 0.5) is 4.39 Å². The molecule has 0 amide bonds. The van der Waals surface area contributed by atoms with E-state index < -0.39 is 17.8 Å². The number of nitriles is 1. The first-order valence-electron chi connectivity index (χ1n) is 6.04. The van der Waals surface area contributed by atoms with Crippen molar-refractivity contribution in [3.63, 3.8) is 0 Å². The summed E-state index contributed by atoms with van der Waals surface area (Å²) in [5.41, 5.74) is 0.639. The van der Waals surface area contributed by atoms with Crippen molar-refractivity contribution in [2.45, 2.75) is 6.54 Å². The number of rotatable bonds is 6. The predicted octanol–water partition coefficient (Wildman–Crippen LogP) is 0.845. The zero-order valence-corrected chi connectivity index (χ0v) is 11.8. The monoisotopic (exact) mass is 294 g/mol. The lowest BCUT2D eigenvalue weighted by Crippen LogP contribution is -2.35. The van der Waals surface area contributed by atoms with E-state index in [2.05, 4.69) is 9.47 Å². The number of carbonyl (C=O) groups is 2. The molecule has 0 spiro atoms. The van der Waals surface area contributed by atoms with Crippen molar-refractivity contribution in [2.75, 3.05) is 27.3 Å². The summed E-state index contributed by atoms with van der Waals surface area (Å²) < 4.78 is 22.5. The Hall–Kier alpha value is -2.46. The summed E-state index contributed by atoms with van der Waals surface area (Å²) in [6.07, 6.45) is 0. The second-order valence-electron chi connectivity index (χ2n) is 4.26. The smallest absolute Gasteiger partial charge is 0.319 e. The van der Waals surface area contributed by atoms with Crippen LogP contribution in [0.5, 0.6) is 0 Å². The number of hydrogen-bond acceptors (Lipinski definition) is 6. The lowest BCUT2D eigenvalue weighted by Gasteiger charge is -2.19. The van der Waals surface area contributed by atoms with Gasteiger partial charge in [-0.25, -0.2) is 4.39 Å². The first kappa shape index (κ1) is 16.6. The van der Waals surface area contributed by atoms with Gasteiger partial charge >= 0.3 is 11.9 Å². The molecular weight excluding hydrogens is 279 g/mol. The molecule has 0 heterocycles. The summed E-state index contributed by atoms with van der Waals surface area (Å²) in [5.74, 6) is -1.62. The Kier molecular flexibility index (Phi) is 6.30. The summed E-state index contributed by atoms with van der Waals surface area (Å²) in [5, 5.41) is 8.81. The quantitative estimate of drug-likeness (QED) is 0.724. The van der Waals surface area contributed by atoms with Crippen LogP contribution in [-0.4, -0.2) is 44.1 Å². The molecule has 0 unspecified atom stereocenters. The molecule has 1 aromatic rings. The van der Waals surface area contributed by atoms with Crippen LogP contribution in [0, 0.1) is 17.1 Å². The molecule has 0 aliphatic carbocycles. The highest BCUT2D eigenvalue weighted by Gasteiger charge is 2.16. The van der Waals surface area contributed by atoms with Crippen LogP contribution in [0.15, 0.2) is 18.2 Å². The maximum absolute atomic E-state index is 13.4. The van der Waals surface area contributed by atoms with Gasteiger partial charge in [-0.15, -0.1) is 0 Å². The number of ether oxygens (including phenoxy) is 2. The van der Waals surface area contributed by atoms with Crippen molar-refractivity contribution >= 4 is 11.9 Å². The highest BCUT2D eigenvalue weighted by atomic mass is 19.1. The minimum absolute atomic E-state index is 0.108. The van der Waals surface area contributed by atoms with E-state index in [1.165, 1.54) is 31.3 Å². The zero-order chi connectivity index (χ0) is 15.8. The van der Waals surface area contributed by atoms with Crippen molar-refractivity contribution in [3.8, 4) is 6.07 Å². The number of halogens is 1. The fourth-order valence-corrected chi connectivity index (χ4v) is 1.73. The number of benzene rings is 1. The van der Waals surface area contributed by atoms with Gasteiger partial charge in [0, 0.05) is 6.54 Å². The zero-order valence-electron chi connectivity index (χ0n) is 11.8. The summed E-state index contributed by atoms with van der Waals surface area (Å²) in [6.45, 7) is -0.190. The summed E-state index contributed by atoms with van der Waals surface area (Å²) in [6, 6.07) is 5.68. The maximum atomic E-state index is 13.4. The predicted molar refractivity (Wildman–Crippen MR) is 70.4 cm³/mol. The van der Waals surface area contributed by atoms with Gasteiger partial charge in [-0.3, -0.25) is 14.5 Å². The van der Waals surface area contributed by atoms with E-state index in [9.17, 15) is 14.0 Å². The molecule has 1 rings (SSSR count). The molecule has 0 atom stereocenters. The molecule has 0 saturated heterocycles. The Balaban J connectivity index is 2.89. The van der Waals surface area contributed by atoms with Gasteiger partial charge in [-0.1, -0.05) is 0 Å². The van der Waals surface area contributed by atoms with Gasteiger partial charge in [0.15, 0.2) is 0 Å². The third-order valence-corrected chi connectivity index (χ3v) is 2.65. The van der Waals surface area contributed by atoms with E-state index in [1.807, 2.05) is 6.07 Å². The first-order chi connectivity index (χ1) is 9.98.